The van der Waals surface area contributed by atoms with Crippen LogP contribution in [-0.4, -0.2) is 11.1 Å². The molecule has 1 N–H and O–H groups in total. The second-order valence-corrected chi connectivity index (χ2v) is 5.15. The quantitative estimate of drug-likeness (QED) is 0.701. The largest absolute Gasteiger partial charge is 0.508 e. The molecule has 0 saturated carbocycles. The molecule has 0 radical (unpaired) electrons. The first-order chi connectivity index (χ1) is 11.7. The van der Waals surface area contributed by atoms with Crippen molar-refractivity contribution in [3.05, 3.63) is 90.0 Å². The second-order valence-electron chi connectivity index (χ2n) is 5.15. The maximum atomic E-state index is 12.1. The van der Waals surface area contributed by atoms with Gasteiger partial charge in [0.2, 0.25) is 0 Å². The van der Waals surface area contributed by atoms with Crippen molar-refractivity contribution in [3.63, 3.8) is 0 Å². The fourth-order valence-corrected chi connectivity index (χ4v) is 2.20. The highest BCUT2D eigenvalue weighted by Gasteiger charge is 2.10. The fraction of sp³-hybridized carbons (Fsp3) is 0.0500. The van der Waals surface area contributed by atoms with E-state index in [4.69, 9.17) is 9.47 Å². The lowest BCUT2D eigenvalue weighted by molar-refractivity contribution is 0.0470. The summed E-state index contributed by atoms with van der Waals surface area (Å²) in [6, 6.07) is 22.8. The highest BCUT2D eigenvalue weighted by molar-refractivity contribution is 5.89. The smallest absolute Gasteiger partial charge is 0.338 e. The summed E-state index contributed by atoms with van der Waals surface area (Å²) in [5, 5.41) is 9.43. The highest BCUT2D eigenvalue weighted by Crippen LogP contribution is 2.26. The topological polar surface area (TPSA) is 55.8 Å². The van der Waals surface area contributed by atoms with Crippen molar-refractivity contribution in [2.75, 3.05) is 0 Å². The van der Waals surface area contributed by atoms with Crippen LogP contribution in [0.15, 0.2) is 78.9 Å². The molecule has 0 atom stereocenters. The van der Waals surface area contributed by atoms with Crippen LogP contribution in [0, 0.1) is 0 Å². The molecule has 3 aromatic rings. The van der Waals surface area contributed by atoms with Crippen LogP contribution < -0.4 is 4.74 Å². The van der Waals surface area contributed by atoms with Crippen LogP contribution in [-0.2, 0) is 11.3 Å². The minimum atomic E-state index is -0.500. The summed E-state index contributed by atoms with van der Waals surface area (Å²) in [6.45, 7) is 0.0808. The third-order valence-electron chi connectivity index (χ3n) is 3.38. The van der Waals surface area contributed by atoms with Crippen molar-refractivity contribution < 1.29 is 19.4 Å². The molecule has 0 unspecified atom stereocenters. The van der Waals surface area contributed by atoms with Gasteiger partial charge in [-0.1, -0.05) is 42.5 Å². The van der Waals surface area contributed by atoms with Crippen molar-refractivity contribution in [2.24, 2.45) is 0 Å². The van der Waals surface area contributed by atoms with Crippen molar-refractivity contribution in [2.45, 2.75) is 6.61 Å². The van der Waals surface area contributed by atoms with E-state index in [0.717, 1.165) is 5.56 Å². The summed E-state index contributed by atoms with van der Waals surface area (Å²) in [7, 11) is 0. The summed E-state index contributed by atoms with van der Waals surface area (Å²) in [5.41, 5.74) is 1.06. The summed E-state index contributed by atoms with van der Waals surface area (Å²) >= 11 is 0. The highest BCUT2D eigenvalue weighted by atomic mass is 16.5. The van der Waals surface area contributed by atoms with E-state index in [-0.39, 0.29) is 12.4 Å². The molecule has 24 heavy (non-hydrogen) atoms. The van der Waals surface area contributed by atoms with E-state index in [1.807, 2.05) is 54.6 Å². The molecular weight excluding hydrogens is 304 g/mol. The van der Waals surface area contributed by atoms with Gasteiger partial charge in [-0.2, -0.15) is 0 Å². The van der Waals surface area contributed by atoms with Gasteiger partial charge < -0.3 is 14.6 Å². The van der Waals surface area contributed by atoms with Crippen LogP contribution in [0.4, 0.5) is 0 Å². The first-order valence-corrected chi connectivity index (χ1v) is 7.49. The molecule has 0 spiro atoms. The summed E-state index contributed by atoms with van der Waals surface area (Å²) in [4.78, 5) is 12.1. The summed E-state index contributed by atoms with van der Waals surface area (Å²) in [5.74, 6) is 0.870. The number of hydrogen-bond donors (Lipinski definition) is 1. The minimum Gasteiger partial charge on any atom is -0.508 e. The number of phenolic OH excluding ortho intramolecular Hbond substituents is 1. The molecule has 0 aliphatic rings. The van der Waals surface area contributed by atoms with E-state index in [2.05, 4.69) is 0 Å². The molecule has 3 aromatic carbocycles. The lowest BCUT2D eigenvalue weighted by Gasteiger charge is -2.11. The lowest BCUT2D eigenvalue weighted by atomic mass is 10.2. The van der Waals surface area contributed by atoms with E-state index in [1.165, 1.54) is 12.1 Å². The number of ether oxygens (including phenoxy) is 2. The van der Waals surface area contributed by atoms with Gasteiger partial charge in [-0.3, -0.25) is 0 Å². The molecule has 3 rings (SSSR count). The standard InChI is InChI=1S/C20H16O4/c21-17-9-6-8-15(13-17)20(22)23-14-16-7-4-5-12-19(16)24-18-10-2-1-3-11-18/h1-13,21H,14H2. The second kappa shape index (κ2) is 7.33. The summed E-state index contributed by atoms with van der Waals surface area (Å²) < 4.78 is 11.2. The van der Waals surface area contributed by atoms with Gasteiger partial charge in [0.25, 0.3) is 0 Å². The fourth-order valence-electron chi connectivity index (χ4n) is 2.20. The van der Waals surface area contributed by atoms with Gasteiger partial charge in [0.1, 0.15) is 23.9 Å². The molecule has 0 bridgehead atoms. The number of phenols is 1. The van der Waals surface area contributed by atoms with E-state index in [9.17, 15) is 9.90 Å². The number of rotatable bonds is 5. The van der Waals surface area contributed by atoms with Crippen LogP contribution in [0.5, 0.6) is 17.2 Å². The number of para-hydroxylation sites is 2. The molecule has 4 heteroatoms. The number of aromatic hydroxyl groups is 1. The number of esters is 1. The van der Waals surface area contributed by atoms with Crippen molar-refractivity contribution in [1.82, 2.24) is 0 Å². The van der Waals surface area contributed by atoms with Crippen molar-refractivity contribution in [3.8, 4) is 17.2 Å². The molecule has 0 aliphatic heterocycles. The number of carbonyl (C=O) groups is 1. The third kappa shape index (κ3) is 3.93. The average Bonchev–Trinajstić information content (AvgIpc) is 2.61. The molecule has 0 aliphatic carbocycles. The number of benzene rings is 3. The van der Waals surface area contributed by atoms with Gasteiger partial charge in [0, 0.05) is 5.56 Å². The maximum Gasteiger partial charge on any atom is 0.338 e. The zero-order valence-electron chi connectivity index (χ0n) is 12.9. The Morgan fingerprint density at radius 3 is 2.42 bits per heavy atom. The predicted octanol–water partition coefficient (Wildman–Crippen LogP) is 4.54. The Morgan fingerprint density at radius 1 is 0.875 bits per heavy atom. The normalized spacial score (nSPS) is 10.2. The Bertz CT molecular complexity index is 828. The SMILES string of the molecule is O=C(OCc1ccccc1Oc1ccccc1)c1cccc(O)c1. The molecule has 4 nitrogen and oxygen atoms in total. The molecule has 0 heterocycles. The third-order valence-corrected chi connectivity index (χ3v) is 3.38. The lowest BCUT2D eigenvalue weighted by Crippen LogP contribution is -2.05. The molecule has 0 saturated heterocycles. The van der Waals surface area contributed by atoms with E-state index < -0.39 is 5.97 Å². The van der Waals surface area contributed by atoms with Crippen LogP contribution >= 0.6 is 0 Å². The monoisotopic (exact) mass is 320 g/mol. The zero-order chi connectivity index (χ0) is 16.8. The summed E-state index contributed by atoms with van der Waals surface area (Å²) in [6.07, 6.45) is 0. The van der Waals surface area contributed by atoms with E-state index >= 15 is 0 Å². The Hall–Kier alpha value is -3.27. The Morgan fingerprint density at radius 2 is 1.62 bits per heavy atom. The van der Waals surface area contributed by atoms with Crippen LogP contribution in [0.3, 0.4) is 0 Å². The number of hydrogen-bond acceptors (Lipinski definition) is 4. The molecule has 0 fully saturated rings. The zero-order valence-corrected chi connectivity index (χ0v) is 12.9. The van der Waals surface area contributed by atoms with Gasteiger partial charge in [0.15, 0.2) is 0 Å². The molecule has 120 valence electrons. The molecule has 0 amide bonds. The van der Waals surface area contributed by atoms with Crippen LogP contribution in [0.2, 0.25) is 0 Å². The Balaban J connectivity index is 1.70. The average molecular weight is 320 g/mol. The molecular formula is C20H16O4. The van der Waals surface area contributed by atoms with Gasteiger partial charge in [-0.25, -0.2) is 4.79 Å². The first kappa shape index (κ1) is 15.6. The Labute approximate surface area is 139 Å². The minimum absolute atomic E-state index is 0.0252. The van der Waals surface area contributed by atoms with Gasteiger partial charge in [-0.05, 0) is 36.4 Å². The Kier molecular flexibility index (Phi) is 4.77. The van der Waals surface area contributed by atoms with Gasteiger partial charge >= 0.3 is 5.97 Å². The van der Waals surface area contributed by atoms with Crippen LogP contribution in [0.25, 0.3) is 0 Å². The molecule has 0 aromatic heterocycles. The van der Waals surface area contributed by atoms with Crippen LogP contribution in [0.1, 0.15) is 15.9 Å². The van der Waals surface area contributed by atoms with Crippen molar-refractivity contribution >= 4 is 5.97 Å². The van der Waals surface area contributed by atoms with Crippen molar-refractivity contribution in [1.29, 1.82) is 0 Å². The van der Waals surface area contributed by atoms with Gasteiger partial charge in [-0.15, -0.1) is 0 Å². The van der Waals surface area contributed by atoms with E-state index in [0.29, 0.717) is 17.1 Å². The van der Waals surface area contributed by atoms with Gasteiger partial charge in [0.05, 0.1) is 5.56 Å². The maximum absolute atomic E-state index is 12.1. The first-order valence-electron chi connectivity index (χ1n) is 7.49. The predicted molar refractivity (Wildman–Crippen MR) is 90.2 cm³/mol. The number of carbonyl (C=O) groups excluding carboxylic acids is 1. The van der Waals surface area contributed by atoms with E-state index in [1.54, 1.807) is 12.1 Å².